The van der Waals surface area contributed by atoms with E-state index in [0.717, 1.165) is 29.1 Å². The van der Waals surface area contributed by atoms with E-state index in [1.54, 1.807) is 11.3 Å². The minimum absolute atomic E-state index is 0.383. The molecule has 102 valence electrons. The highest BCUT2D eigenvalue weighted by molar-refractivity contribution is 7.16. The van der Waals surface area contributed by atoms with E-state index in [9.17, 15) is 0 Å². The van der Waals surface area contributed by atoms with Gasteiger partial charge in [0.1, 0.15) is 10.6 Å². The topological polar surface area (TPSA) is 55.0 Å². The molecule has 0 amide bonds. The summed E-state index contributed by atoms with van der Waals surface area (Å²) in [5.74, 6) is 1.40. The molecule has 4 nitrogen and oxygen atoms in total. The summed E-state index contributed by atoms with van der Waals surface area (Å²) in [5, 5.41) is 3.20. The maximum Gasteiger partial charge on any atom is 0.223 e. The Balaban J connectivity index is 1.97. The molecule has 0 spiro atoms. The summed E-state index contributed by atoms with van der Waals surface area (Å²) in [5.41, 5.74) is 6.27. The van der Waals surface area contributed by atoms with E-state index in [1.807, 2.05) is 0 Å². The van der Waals surface area contributed by atoms with E-state index in [0.29, 0.717) is 11.4 Å². The van der Waals surface area contributed by atoms with Crippen molar-refractivity contribution in [3.8, 4) is 0 Å². The first-order valence-electron chi connectivity index (χ1n) is 6.81. The number of nitrogens with zero attached hydrogens (tertiary/aromatic N) is 3. The average Bonchev–Trinajstić information content (AvgIpc) is 2.72. The Labute approximate surface area is 117 Å². The molecule has 0 aliphatic carbocycles. The van der Waals surface area contributed by atoms with Gasteiger partial charge in [-0.3, -0.25) is 0 Å². The van der Waals surface area contributed by atoms with Crippen LogP contribution >= 0.6 is 11.3 Å². The van der Waals surface area contributed by atoms with E-state index in [-0.39, 0.29) is 0 Å². The van der Waals surface area contributed by atoms with Crippen molar-refractivity contribution in [1.82, 2.24) is 9.97 Å². The van der Waals surface area contributed by atoms with Crippen LogP contribution in [-0.4, -0.2) is 23.1 Å². The molecule has 2 aromatic heterocycles. The normalized spacial score (nSPS) is 19.6. The van der Waals surface area contributed by atoms with E-state index >= 15 is 0 Å². The fourth-order valence-corrected chi connectivity index (χ4v) is 3.50. The zero-order valence-corrected chi connectivity index (χ0v) is 12.3. The van der Waals surface area contributed by atoms with Gasteiger partial charge in [0, 0.05) is 13.1 Å². The lowest BCUT2D eigenvalue weighted by Crippen LogP contribution is -2.26. The van der Waals surface area contributed by atoms with Gasteiger partial charge < -0.3 is 10.6 Å². The third kappa shape index (κ3) is 2.52. The molecule has 2 aromatic rings. The highest BCUT2D eigenvalue weighted by Gasteiger charge is 2.24. The largest absolute Gasteiger partial charge is 0.368 e. The van der Waals surface area contributed by atoms with Gasteiger partial charge in [0.05, 0.1) is 5.39 Å². The van der Waals surface area contributed by atoms with Gasteiger partial charge in [0.25, 0.3) is 0 Å². The van der Waals surface area contributed by atoms with Gasteiger partial charge in [-0.15, -0.1) is 11.3 Å². The number of rotatable bonds is 1. The molecule has 1 fully saturated rings. The molecule has 0 saturated carbocycles. The number of anilines is 2. The molecule has 0 bridgehead atoms. The van der Waals surface area contributed by atoms with Crippen molar-refractivity contribution in [3.05, 3.63) is 11.4 Å². The molecule has 5 heteroatoms. The van der Waals surface area contributed by atoms with Crippen LogP contribution in [0.2, 0.25) is 0 Å². The molecular weight excluding hydrogens is 256 g/mol. The number of thiophene rings is 1. The van der Waals surface area contributed by atoms with Crippen molar-refractivity contribution in [2.24, 2.45) is 5.41 Å². The SMILES string of the molecule is CC1(C)CCCN(c2nc(N)nc3sccc23)CC1. The number of fused-ring (bicyclic) bond motifs is 1. The van der Waals surface area contributed by atoms with Crippen molar-refractivity contribution >= 4 is 33.3 Å². The third-order valence-corrected chi connectivity index (χ3v) is 4.77. The van der Waals surface area contributed by atoms with Crippen LogP contribution in [0.3, 0.4) is 0 Å². The quantitative estimate of drug-likeness (QED) is 0.868. The van der Waals surface area contributed by atoms with Gasteiger partial charge in [0.2, 0.25) is 5.95 Å². The molecule has 2 N–H and O–H groups in total. The molecule has 0 atom stereocenters. The minimum atomic E-state index is 0.383. The average molecular weight is 276 g/mol. The lowest BCUT2D eigenvalue weighted by atomic mass is 9.85. The van der Waals surface area contributed by atoms with Gasteiger partial charge in [-0.25, -0.2) is 4.98 Å². The number of hydrogen-bond donors (Lipinski definition) is 1. The zero-order chi connectivity index (χ0) is 13.5. The van der Waals surface area contributed by atoms with E-state index in [2.05, 4.69) is 40.2 Å². The fourth-order valence-electron chi connectivity index (χ4n) is 2.73. The Kier molecular flexibility index (Phi) is 3.09. The maximum atomic E-state index is 5.84. The Morgan fingerprint density at radius 1 is 1.26 bits per heavy atom. The number of hydrogen-bond acceptors (Lipinski definition) is 5. The lowest BCUT2D eigenvalue weighted by molar-refractivity contribution is 0.325. The molecule has 19 heavy (non-hydrogen) atoms. The Bertz CT molecular complexity index is 590. The lowest BCUT2D eigenvalue weighted by Gasteiger charge is -2.24. The molecule has 1 aliphatic heterocycles. The van der Waals surface area contributed by atoms with Crippen molar-refractivity contribution < 1.29 is 0 Å². The van der Waals surface area contributed by atoms with Crippen molar-refractivity contribution in [3.63, 3.8) is 0 Å². The van der Waals surface area contributed by atoms with Crippen LogP contribution in [0, 0.1) is 5.41 Å². The first-order chi connectivity index (χ1) is 9.05. The third-order valence-electron chi connectivity index (χ3n) is 3.96. The summed E-state index contributed by atoms with van der Waals surface area (Å²) < 4.78 is 0. The zero-order valence-electron chi connectivity index (χ0n) is 11.5. The van der Waals surface area contributed by atoms with E-state index in [1.165, 1.54) is 19.3 Å². The maximum absolute atomic E-state index is 5.84. The summed E-state index contributed by atoms with van der Waals surface area (Å²) in [6, 6.07) is 2.10. The van der Waals surface area contributed by atoms with Crippen LogP contribution in [-0.2, 0) is 0 Å². The molecule has 3 rings (SSSR count). The summed E-state index contributed by atoms with van der Waals surface area (Å²) in [6.45, 7) is 6.81. The first-order valence-corrected chi connectivity index (χ1v) is 7.69. The molecule has 0 aromatic carbocycles. The smallest absolute Gasteiger partial charge is 0.223 e. The van der Waals surface area contributed by atoms with E-state index < -0.39 is 0 Å². The monoisotopic (exact) mass is 276 g/mol. The van der Waals surface area contributed by atoms with Crippen LogP contribution in [0.5, 0.6) is 0 Å². The highest BCUT2D eigenvalue weighted by atomic mass is 32.1. The summed E-state index contributed by atoms with van der Waals surface area (Å²) in [4.78, 5) is 12.2. The highest BCUT2D eigenvalue weighted by Crippen LogP contribution is 2.34. The van der Waals surface area contributed by atoms with Crippen LogP contribution in [0.4, 0.5) is 11.8 Å². The van der Waals surface area contributed by atoms with Gasteiger partial charge in [-0.2, -0.15) is 4.98 Å². The van der Waals surface area contributed by atoms with Crippen molar-refractivity contribution in [1.29, 1.82) is 0 Å². The molecule has 1 aliphatic rings. The Hall–Kier alpha value is -1.36. The van der Waals surface area contributed by atoms with E-state index in [4.69, 9.17) is 5.73 Å². The van der Waals surface area contributed by atoms with Crippen LogP contribution < -0.4 is 10.6 Å². The number of nitrogens with two attached hydrogens (primary N) is 1. The molecule has 0 unspecified atom stereocenters. The first kappa shape index (κ1) is 12.7. The van der Waals surface area contributed by atoms with Crippen LogP contribution in [0.25, 0.3) is 10.2 Å². The van der Waals surface area contributed by atoms with Crippen molar-refractivity contribution in [2.75, 3.05) is 23.7 Å². The number of aromatic nitrogens is 2. The standard InChI is InChI=1S/C14H20N4S/c1-14(2)5-3-7-18(8-6-14)11-10-4-9-19-12(10)17-13(15)16-11/h4,9H,3,5-8H2,1-2H3,(H2,15,16,17). The molecular formula is C14H20N4S. The minimum Gasteiger partial charge on any atom is -0.368 e. The molecule has 0 radical (unpaired) electrons. The van der Waals surface area contributed by atoms with Gasteiger partial charge in [0.15, 0.2) is 0 Å². The van der Waals surface area contributed by atoms with Crippen molar-refractivity contribution in [2.45, 2.75) is 33.1 Å². The van der Waals surface area contributed by atoms with Gasteiger partial charge in [-0.1, -0.05) is 13.8 Å². The predicted octanol–water partition coefficient (Wildman–Crippen LogP) is 3.29. The van der Waals surface area contributed by atoms with Crippen LogP contribution in [0.15, 0.2) is 11.4 Å². The summed E-state index contributed by atoms with van der Waals surface area (Å²) >= 11 is 1.63. The predicted molar refractivity (Wildman–Crippen MR) is 81.7 cm³/mol. The van der Waals surface area contributed by atoms with Gasteiger partial charge >= 0.3 is 0 Å². The van der Waals surface area contributed by atoms with Gasteiger partial charge in [-0.05, 0) is 36.1 Å². The summed E-state index contributed by atoms with van der Waals surface area (Å²) in [6.07, 6.45) is 3.68. The number of nitrogen functional groups attached to an aromatic ring is 1. The Morgan fingerprint density at radius 3 is 2.95 bits per heavy atom. The second kappa shape index (κ2) is 4.63. The van der Waals surface area contributed by atoms with Crippen LogP contribution in [0.1, 0.15) is 33.1 Å². The molecule has 3 heterocycles. The second-order valence-electron chi connectivity index (χ2n) is 6.05. The Morgan fingerprint density at radius 2 is 2.11 bits per heavy atom. The second-order valence-corrected chi connectivity index (χ2v) is 6.94. The fraction of sp³-hybridized carbons (Fsp3) is 0.571. The molecule has 1 saturated heterocycles. The summed E-state index contributed by atoms with van der Waals surface area (Å²) in [7, 11) is 0.